The van der Waals surface area contributed by atoms with Gasteiger partial charge in [-0.2, -0.15) is 0 Å². The third-order valence-electron chi connectivity index (χ3n) is 2.06. The van der Waals surface area contributed by atoms with Gasteiger partial charge in [0, 0.05) is 6.07 Å². The lowest BCUT2D eigenvalue weighted by Crippen LogP contribution is -2.03. The van der Waals surface area contributed by atoms with E-state index in [4.69, 9.17) is 5.11 Å². The van der Waals surface area contributed by atoms with Crippen LogP contribution in [0.1, 0.15) is 10.5 Å². The average molecular weight is 251 g/mol. The van der Waals surface area contributed by atoms with Gasteiger partial charge in [0.1, 0.15) is 17.5 Å². The third kappa shape index (κ3) is 2.57. The van der Waals surface area contributed by atoms with E-state index in [1.165, 1.54) is 0 Å². The SMILES string of the molecule is O=C(O)c1cnc(Nc2cc(F)ccc2F)cn1. The molecule has 0 aliphatic rings. The van der Waals surface area contributed by atoms with Crippen LogP contribution in [0.4, 0.5) is 20.3 Å². The highest BCUT2D eigenvalue weighted by Gasteiger charge is 2.07. The maximum absolute atomic E-state index is 13.3. The smallest absolute Gasteiger partial charge is 0.356 e. The zero-order valence-corrected chi connectivity index (χ0v) is 8.89. The molecule has 0 atom stereocenters. The van der Waals surface area contributed by atoms with Crippen LogP contribution in [0.25, 0.3) is 0 Å². The normalized spacial score (nSPS) is 10.1. The molecule has 0 aliphatic heterocycles. The highest BCUT2D eigenvalue weighted by Crippen LogP contribution is 2.19. The van der Waals surface area contributed by atoms with Crippen LogP contribution in [0.15, 0.2) is 30.6 Å². The van der Waals surface area contributed by atoms with E-state index in [9.17, 15) is 13.6 Å². The fourth-order valence-corrected chi connectivity index (χ4v) is 1.23. The largest absolute Gasteiger partial charge is 0.476 e. The zero-order chi connectivity index (χ0) is 13.1. The molecule has 1 aromatic carbocycles. The van der Waals surface area contributed by atoms with Gasteiger partial charge in [-0.25, -0.2) is 23.5 Å². The number of nitrogens with one attached hydrogen (secondary N) is 1. The second kappa shape index (κ2) is 4.74. The lowest BCUT2D eigenvalue weighted by Gasteiger charge is -2.06. The van der Waals surface area contributed by atoms with Crippen molar-refractivity contribution in [3.63, 3.8) is 0 Å². The monoisotopic (exact) mass is 251 g/mol. The quantitative estimate of drug-likeness (QED) is 0.874. The van der Waals surface area contributed by atoms with E-state index in [2.05, 4.69) is 15.3 Å². The van der Waals surface area contributed by atoms with Gasteiger partial charge in [0.25, 0.3) is 0 Å². The molecule has 0 amide bonds. The fraction of sp³-hybridized carbons (Fsp3) is 0. The minimum absolute atomic E-state index is 0.104. The molecule has 0 bridgehead atoms. The van der Waals surface area contributed by atoms with Crippen molar-refractivity contribution in [2.45, 2.75) is 0 Å². The van der Waals surface area contributed by atoms with Crippen LogP contribution in [0.5, 0.6) is 0 Å². The standard InChI is InChI=1S/C11H7F2N3O2/c12-6-1-2-7(13)8(3-6)16-10-5-14-9(4-15-10)11(17)18/h1-5H,(H,15,16)(H,17,18). The molecule has 0 radical (unpaired) electrons. The second-order valence-electron chi connectivity index (χ2n) is 3.34. The molecule has 1 aromatic heterocycles. The van der Waals surface area contributed by atoms with Gasteiger partial charge in [-0.05, 0) is 12.1 Å². The summed E-state index contributed by atoms with van der Waals surface area (Å²) in [5.74, 6) is -2.36. The summed E-state index contributed by atoms with van der Waals surface area (Å²) in [5.41, 5.74) is -0.340. The maximum Gasteiger partial charge on any atom is 0.356 e. The van der Waals surface area contributed by atoms with Crippen LogP contribution < -0.4 is 5.32 Å². The number of halogens is 2. The zero-order valence-electron chi connectivity index (χ0n) is 8.89. The van der Waals surface area contributed by atoms with Gasteiger partial charge >= 0.3 is 5.97 Å². The van der Waals surface area contributed by atoms with Crippen LogP contribution in [0.3, 0.4) is 0 Å². The molecule has 0 saturated carbocycles. The minimum atomic E-state index is -1.22. The van der Waals surface area contributed by atoms with Gasteiger partial charge in [-0.3, -0.25) is 0 Å². The van der Waals surface area contributed by atoms with E-state index < -0.39 is 17.6 Å². The first-order valence-corrected chi connectivity index (χ1v) is 4.83. The number of benzene rings is 1. The minimum Gasteiger partial charge on any atom is -0.476 e. The first kappa shape index (κ1) is 11.9. The summed E-state index contributed by atoms with van der Waals surface area (Å²) in [6, 6.07) is 2.92. The average Bonchev–Trinajstić information content (AvgIpc) is 2.34. The van der Waals surface area contributed by atoms with Crippen molar-refractivity contribution in [3.8, 4) is 0 Å². The maximum atomic E-state index is 13.3. The van der Waals surface area contributed by atoms with Crippen molar-refractivity contribution in [2.75, 3.05) is 5.32 Å². The molecule has 1 heterocycles. The Hall–Kier alpha value is -2.57. The van der Waals surface area contributed by atoms with Crippen molar-refractivity contribution in [2.24, 2.45) is 0 Å². The summed E-state index contributed by atoms with van der Waals surface area (Å²) < 4.78 is 26.2. The number of carbonyl (C=O) groups is 1. The second-order valence-corrected chi connectivity index (χ2v) is 3.34. The number of nitrogens with zero attached hydrogens (tertiary/aromatic N) is 2. The van der Waals surface area contributed by atoms with Crippen molar-refractivity contribution in [1.29, 1.82) is 0 Å². The van der Waals surface area contributed by atoms with Crippen LogP contribution in [-0.2, 0) is 0 Å². The number of rotatable bonds is 3. The van der Waals surface area contributed by atoms with Crippen molar-refractivity contribution in [1.82, 2.24) is 9.97 Å². The molecule has 0 aliphatic carbocycles. The molecule has 92 valence electrons. The van der Waals surface area contributed by atoms with E-state index in [-0.39, 0.29) is 17.2 Å². The molecule has 5 nitrogen and oxygen atoms in total. The number of aromatic carboxylic acids is 1. The predicted octanol–water partition coefficient (Wildman–Crippen LogP) is 2.20. The Balaban J connectivity index is 2.23. The number of hydrogen-bond donors (Lipinski definition) is 2. The number of carboxylic acids is 1. The van der Waals surface area contributed by atoms with Gasteiger partial charge in [0.15, 0.2) is 5.69 Å². The molecule has 18 heavy (non-hydrogen) atoms. The van der Waals surface area contributed by atoms with Gasteiger partial charge < -0.3 is 10.4 Å². The van der Waals surface area contributed by atoms with Gasteiger partial charge in [-0.1, -0.05) is 0 Å². The fourth-order valence-electron chi connectivity index (χ4n) is 1.23. The first-order valence-electron chi connectivity index (χ1n) is 4.83. The van der Waals surface area contributed by atoms with Crippen LogP contribution in [0, 0.1) is 11.6 Å². The lowest BCUT2D eigenvalue weighted by atomic mass is 10.3. The summed E-state index contributed by atoms with van der Waals surface area (Å²) in [6.45, 7) is 0. The topological polar surface area (TPSA) is 75.1 Å². The summed E-state index contributed by atoms with van der Waals surface area (Å²) in [5, 5.41) is 11.1. The Labute approximate surface area is 100 Å². The van der Waals surface area contributed by atoms with E-state index in [0.29, 0.717) is 0 Å². The van der Waals surface area contributed by atoms with Crippen LogP contribution >= 0.6 is 0 Å². The highest BCUT2D eigenvalue weighted by molar-refractivity contribution is 5.85. The van der Waals surface area contributed by atoms with Gasteiger partial charge in [-0.15, -0.1) is 0 Å². The number of hydrogen-bond acceptors (Lipinski definition) is 4. The predicted molar refractivity (Wildman–Crippen MR) is 58.6 cm³/mol. The Kier molecular flexibility index (Phi) is 3.13. The van der Waals surface area contributed by atoms with E-state index in [1.807, 2.05) is 0 Å². The van der Waals surface area contributed by atoms with Crippen molar-refractivity contribution in [3.05, 3.63) is 47.9 Å². The summed E-state index contributed by atoms with van der Waals surface area (Å²) in [4.78, 5) is 17.8. The first-order chi connectivity index (χ1) is 8.56. The van der Waals surface area contributed by atoms with Crippen molar-refractivity contribution >= 4 is 17.5 Å². The lowest BCUT2D eigenvalue weighted by molar-refractivity contribution is 0.0690. The molecule has 7 heteroatoms. The molecule has 2 aromatic rings. The molecular weight excluding hydrogens is 244 g/mol. The van der Waals surface area contributed by atoms with Gasteiger partial charge in [0.05, 0.1) is 18.1 Å². The number of carboxylic acid groups (broad SMARTS) is 1. The summed E-state index contributed by atoms with van der Waals surface area (Å²) >= 11 is 0. The Morgan fingerprint density at radius 1 is 1.22 bits per heavy atom. The molecular formula is C11H7F2N3O2. The molecule has 0 spiro atoms. The Bertz CT molecular complexity index is 587. The van der Waals surface area contributed by atoms with E-state index in [0.717, 1.165) is 30.6 Å². The highest BCUT2D eigenvalue weighted by atomic mass is 19.1. The Morgan fingerprint density at radius 2 is 2.00 bits per heavy atom. The molecule has 2 rings (SSSR count). The van der Waals surface area contributed by atoms with Crippen LogP contribution in [-0.4, -0.2) is 21.0 Å². The summed E-state index contributed by atoms with van der Waals surface area (Å²) in [6.07, 6.45) is 2.13. The third-order valence-corrected chi connectivity index (χ3v) is 2.06. The molecule has 2 N–H and O–H groups in total. The number of aromatic nitrogens is 2. The van der Waals surface area contributed by atoms with E-state index in [1.54, 1.807) is 0 Å². The molecule has 0 fully saturated rings. The Morgan fingerprint density at radius 3 is 2.61 bits per heavy atom. The summed E-state index contributed by atoms with van der Waals surface area (Å²) in [7, 11) is 0. The van der Waals surface area contributed by atoms with E-state index >= 15 is 0 Å². The number of anilines is 2. The molecule has 0 saturated heterocycles. The molecule has 0 unspecified atom stereocenters. The van der Waals surface area contributed by atoms with Gasteiger partial charge in [0.2, 0.25) is 0 Å². The van der Waals surface area contributed by atoms with Crippen LogP contribution in [0.2, 0.25) is 0 Å². The van der Waals surface area contributed by atoms with Crippen molar-refractivity contribution < 1.29 is 18.7 Å².